The summed E-state index contributed by atoms with van der Waals surface area (Å²) in [5.74, 6) is 0. The van der Waals surface area contributed by atoms with Crippen molar-refractivity contribution in [3.05, 3.63) is 30.3 Å². The van der Waals surface area contributed by atoms with Gasteiger partial charge >= 0.3 is 0 Å². The number of aliphatic hydroxyl groups excluding tert-OH is 1. The first-order chi connectivity index (χ1) is 7.44. The maximum Gasteiger partial charge on any atom is 0.207 e. The van der Waals surface area contributed by atoms with E-state index in [1.165, 1.54) is 12.1 Å². The van der Waals surface area contributed by atoms with Crippen LogP contribution in [0.2, 0.25) is 0 Å². The lowest BCUT2D eigenvalue weighted by Gasteiger charge is -2.14. The Bertz CT molecular complexity index is 411. The second-order valence-electron chi connectivity index (χ2n) is 3.69. The molecule has 0 spiro atoms. The van der Waals surface area contributed by atoms with E-state index >= 15 is 0 Å². The summed E-state index contributed by atoms with van der Waals surface area (Å²) < 4.78 is 28.7. The lowest BCUT2D eigenvalue weighted by Crippen LogP contribution is -2.27. The predicted octanol–water partition coefficient (Wildman–Crippen LogP) is 1.20. The Morgan fingerprint density at radius 1 is 1.25 bits per heavy atom. The molecule has 0 radical (unpaired) electrons. The van der Waals surface area contributed by atoms with Crippen LogP contribution in [0, 0.1) is 0 Å². The number of benzene rings is 1. The second kappa shape index (κ2) is 5.43. The van der Waals surface area contributed by atoms with Crippen molar-refractivity contribution in [1.82, 2.24) is 0 Å². The van der Waals surface area contributed by atoms with Gasteiger partial charge in [0, 0.05) is 0 Å². The van der Waals surface area contributed by atoms with Crippen LogP contribution in [0.15, 0.2) is 35.2 Å². The summed E-state index contributed by atoms with van der Waals surface area (Å²) in [6.45, 7) is 3.35. The maximum atomic E-state index is 11.8. The molecule has 0 saturated heterocycles. The molecule has 5 heteroatoms. The van der Waals surface area contributed by atoms with Gasteiger partial charge in [-0.3, -0.25) is 0 Å². The number of hydrogen-bond donors (Lipinski definition) is 1. The lowest BCUT2D eigenvalue weighted by atomic mass is 10.4. The molecule has 1 rings (SSSR count). The number of hydrogen-bond acceptors (Lipinski definition) is 4. The van der Waals surface area contributed by atoms with Gasteiger partial charge in [-0.15, -0.1) is 0 Å². The third-order valence-electron chi connectivity index (χ3n) is 2.00. The van der Waals surface area contributed by atoms with Gasteiger partial charge in [0.05, 0.1) is 17.6 Å². The molecule has 0 amide bonds. The molecule has 0 bridgehead atoms. The molecule has 1 aromatic carbocycles. The van der Waals surface area contributed by atoms with E-state index in [-0.39, 0.29) is 17.6 Å². The van der Waals surface area contributed by atoms with Crippen LogP contribution in [0.1, 0.15) is 13.8 Å². The van der Waals surface area contributed by atoms with Crippen LogP contribution in [0.3, 0.4) is 0 Å². The second-order valence-corrected chi connectivity index (χ2v) is 5.80. The molecule has 0 fully saturated rings. The average Bonchev–Trinajstić information content (AvgIpc) is 2.27. The lowest BCUT2D eigenvalue weighted by molar-refractivity contribution is 0.0347. The van der Waals surface area contributed by atoms with Crippen LogP contribution < -0.4 is 0 Å². The smallest absolute Gasteiger partial charge is 0.207 e. The molecule has 90 valence electrons. The molecule has 0 heterocycles. The van der Waals surface area contributed by atoms with Gasteiger partial charge in [-0.2, -0.15) is 0 Å². The highest BCUT2D eigenvalue weighted by Crippen LogP contribution is 2.14. The van der Waals surface area contributed by atoms with E-state index in [9.17, 15) is 13.5 Å². The van der Waals surface area contributed by atoms with E-state index < -0.39 is 15.3 Å². The van der Waals surface area contributed by atoms with Crippen molar-refractivity contribution in [3.8, 4) is 0 Å². The molecular weight excluding hydrogens is 228 g/mol. The minimum Gasteiger partial charge on any atom is -0.375 e. The first-order valence-corrected chi connectivity index (χ1v) is 6.58. The summed E-state index contributed by atoms with van der Waals surface area (Å²) in [6.07, 6.45) is -0.111. The van der Waals surface area contributed by atoms with Crippen molar-refractivity contribution in [2.24, 2.45) is 0 Å². The Kier molecular flexibility index (Phi) is 4.46. The summed E-state index contributed by atoms with van der Waals surface area (Å²) in [6, 6.07) is 7.85. The van der Waals surface area contributed by atoms with E-state index in [4.69, 9.17) is 4.74 Å². The van der Waals surface area contributed by atoms with Gasteiger partial charge in [0.1, 0.15) is 0 Å². The summed E-state index contributed by atoms with van der Waals surface area (Å²) in [5.41, 5.74) is -1.52. The van der Waals surface area contributed by atoms with E-state index in [2.05, 4.69) is 0 Å². The largest absolute Gasteiger partial charge is 0.375 e. The fourth-order valence-electron chi connectivity index (χ4n) is 1.13. The summed E-state index contributed by atoms with van der Waals surface area (Å²) >= 11 is 0. The van der Waals surface area contributed by atoms with Crippen molar-refractivity contribution in [3.63, 3.8) is 0 Å². The number of ether oxygens (including phenoxy) is 1. The molecule has 1 N–H and O–H groups in total. The summed E-state index contributed by atoms with van der Waals surface area (Å²) in [4.78, 5) is 0.106. The fraction of sp³-hybridized carbons (Fsp3) is 0.455. The van der Waals surface area contributed by atoms with Crippen LogP contribution in [-0.4, -0.2) is 31.7 Å². The van der Waals surface area contributed by atoms with Crippen LogP contribution >= 0.6 is 0 Å². The molecule has 0 aliphatic rings. The molecule has 0 aromatic heterocycles. The van der Waals surface area contributed by atoms with Gasteiger partial charge in [0.15, 0.2) is 5.44 Å². The number of aliphatic hydroxyl groups is 1. The Morgan fingerprint density at radius 2 is 1.81 bits per heavy atom. The van der Waals surface area contributed by atoms with Crippen LogP contribution in [0.4, 0.5) is 0 Å². The van der Waals surface area contributed by atoms with E-state index in [0.29, 0.717) is 0 Å². The third kappa shape index (κ3) is 3.30. The zero-order valence-corrected chi connectivity index (χ0v) is 10.1. The number of rotatable bonds is 5. The van der Waals surface area contributed by atoms with Crippen LogP contribution in [0.5, 0.6) is 0 Å². The number of sulfone groups is 1. The minimum atomic E-state index is -3.70. The molecule has 0 aliphatic carbocycles. The van der Waals surface area contributed by atoms with Gasteiger partial charge in [0.2, 0.25) is 9.84 Å². The summed E-state index contributed by atoms with van der Waals surface area (Å²) in [5, 5.41) is 9.57. The Morgan fingerprint density at radius 3 is 2.31 bits per heavy atom. The molecule has 1 unspecified atom stereocenters. The molecule has 16 heavy (non-hydrogen) atoms. The first kappa shape index (κ1) is 13.2. The molecule has 1 aromatic rings. The first-order valence-electron chi connectivity index (χ1n) is 5.03. The normalized spacial score (nSPS) is 14.0. The van der Waals surface area contributed by atoms with Crippen molar-refractivity contribution >= 4 is 9.84 Å². The maximum absolute atomic E-state index is 11.8. The highest BCUT2D eigenvalue weighted by atomic mass is 32.2. The van der Waals surface area contributed by atoms with E-state index in [1.807, 2.05) is 0 Å². The molecule has 0 aliphatic heterocycles. The quantitative estimate of drug-likeness (QED) is 0.845. The van der Waals surface area contributed by atoms with Gasteiger partial charge in [-0.05, 0) is 26.0 Å². The van der Waals surface area contributed by atoms with Crippen molar-refractivity contribution in [1.29, 1.82) is 0 Å². The standard InChI is InChI=1S/C11H16O4S/c1-9(2)15-8-11(12)16(13,14)10-6-4-3-5-7-10/h3-7,9,11-12H,8H2,1-2H3. The van der Waals surface area contributed by atoms with Crippen molar-refractivity contribution in [2.45, 2.75) is 30.3 Å². The van der Waals surface area contributed by atoms with Crippen LogP contribution in [0.25, 0.3) is 0 Å². The average molecular weight is 244 g/mol. The van der Waals surface area contributed by atoms with Crippen LogP contribution in [-0.2, 0) is 14.6 Å². The van der Waals surface area contributed by atoms with E-state index in [1.54, 1.807) is 32.0 Å². The van der Waals surface area contributed by atoms with Crippen molar-refractivity contribution < 1.29 is 18.3 Å². The Hall–Kier alpha value is -0.910. The Labute approximate surface area is 95.8 Å². The molecule has 4 nitrogen and oxygen atoms in total. The molecule has 1 atom stereocenters. The Balaban J connectivity index is 2.79. The third-order valence-corrected chi connectivity index (χ3v) is 3.78. The molecule has 0 saturated carbocycles. The topological polar surface area (TPSA) is 63.6 Å². The monoisotopic (exact) mass is 244 g/mol. The predicted molar refractivity (Wildman–Crippen MR) is 60.7 cm³/mol. The molecular formula is C11H16O4S. The van der Waals surface area contributed by atoms with Gasteiger partial charge in [-0.1, -0.05) is 18.2 Å². The fourth-order valence-corrected chi connectivity index (χ4v) is 2.24. The van der Waals surface area contributed by atoms with E-state index in [0.717, 1.165) is 0 Å². The minimum absolute atomic E-state index is 0.106. The van der Waals surface area contributed by atoms with Gasteiger partial charge in [-0.25, -0.2) is 8.42 Å². The highest BCUT2D eigenvalue weighted by Gasteiger charge is 2.25. The zero-order chi connectivity index (χ0) is 12.2. The van der Waals surface area contributed by atoms with Crippen molar-refractivity contribution in [2.75, 3.05) is 6.61 Å². The zero-order valence-electron chi connectivity index (χ0n) is 9.33. The van der Waals surface area contributed by atoms with Gasteiger partial charge in [0.25, 0.3) is 0 Å². The van der Waals surface area contributed by atoms with Gasteiger partial charge < -0.3 is 9.84 Å². The summed E-state index contributed by atoms with van der Waals surface area (Å²) in [7, 11) is -3.70. The highest BCUT2D eigenvalue weighted by molar-refractivity contribution is 7.91. The SMILES string of the molecule is CC(C)OCC(O)S(=O)(=O)c1ccccc1.